The molecule has 114 valence electrons. The van der Waals surface area contributed by atoms with Crippen molar-refractivity contribution in [2.45, 2.75) is 39.8 Å². The average Bonchev–Trinajstić information content (AvgIpc) is 2.54. The summed E-state index contributed by atoms with van der Waals surface area (Å²) >= 11 is 0. The van der Waals surface area contributed by atoms with Crippen LogP contribution in [0, 0.1) is 18.3 Å². The highest BCUT2D eigenvalue weighted by atomic mass is 16.5. The number of hydrogen-bond acceptors (Lipinski definition) is 5. The number of hydrogen-bond donors (Lipinski definition) is 1. The summed E-state index contributed by atoms with van der Waals surface area (Å²) in [5.41, 5.74) is 2.54. The summed E-state index contributed by atoms with van der Waals surface area (Å²) in [5, 5.41) is 19.7. The van der Waals surface area contributed by atoms with Crippen LogP contribution >= 0.6 is 0 Å². The second kappa shape index (κ2) is 7.41. The molecule has 0 bridgehead atoms. The van der Waals surface area contributed by atoms with Gasteiger partial charge in [0.2, 0.25) is 0 Å². The van der Waals surface area contributed by atoms with Crippen LogP contribution in [0.4, 0.5) is 5.82 Å². The number of rotatable bonds is 6. The Kier molecular flexibility index (Phi) is 5.31. The maximum Gasteiger partial charge on any atom is 0.163 e. The molecule has 0 fully saturated rings. The maximum absolute atomic E-state index is 8.72. The fraction of sp³-hybridized carbons (Fsp3) is 0.353. The van der Waals surface area contributed by atoms with E-state index in [1.54, 1.807) is 12.1 Å². The quantitative estimate of drug-likeness (QED) is 0.884. The molecule has 0 aliphatic heterocycles. The number of ether oxygens (including phenoxy) is 1. The third-order valence-corrected chi connectivity index (χ3v) is 3.36. The molecule has 1 unspecified atom stereocenters. The fourth-order valence-corrected chi connectivity index (χ4v) is 1.89. The Labute approximate surface area is 131 Å². The summed E-state index contributed by atoms with van der Waals surface area (Å²) in [6, 6.07) is 11.5. The molecule has 1 aromatic heterocycles. The summed E-state index contributed by atoms with van der Waals surface area (Å²) < 4.78 is 5.98. The molecule has 1 atom stereocenters. The molecular weight excluding hydrogens is 276 g/mol. The molecule has 0 aliphatic rings. The number of nitrogens with zero attached hydrogens (tertiary/aromatic N) is 3. The van der Waals surface area contributed by atoms with Crippen LogP contribution in [0.25, 0.3) is 0 Å². The van der Waals surface area contributed by atoms with E-state index in [1.165, 1.54) is 5.56 Å². The Morgan fingerprint density at radius 3 is 2.73 bits per heavy atom. The van der Waals surface area contributed by atoms with Crippen LogP contribution in [-0.2, 0) is 6.54 Å². The number of nitriles is 1. The van der Waals surface area contributed by atoms with Crippen LogP contribution in [0.5, 0.6) is 5.75 Å². The van der Waals surface area contributed by atoms with Crippen LogP contribution in [0.15, 0.2) is 30.3 Å². The molecular formula is C17H20N4O. The summed E-state index contributed by atoms with van der Waals surface area (Å²) in [7, 11) is 0. The topological polar surface area (TPSA) is 70.8 Å². The molecule has 1 aromatic carbocycles. The van der Waals surface area contributed by atoms with E-state index in [2.05, 4.69) is 41.5 Å². The van der Waals surface area contributed by atoms with Gasteiger partial charge >= 0.3 is 0 Å². The van der Waals surface area contributed by atoms with Gasteiger partial charge in [-0.1, -0.05) is 19.1 Å². The molecule has 0 saturated carbocycles. The van der Waals surface area contributed by atoms with Gasteiger partial charge in [-0.15, -0.1) is 10.2 Å². The number of nitrogens with one attached hydrogen (secondary N) is 1. The second-order valence-electron chi connectivity index (χ2n) is 5.22. The van der Waals surface area contributed by atoms with E-state index < -0.39 is 0 Å². The van der Waals surface area contributed by atoms with Gasteiger partial charge in [-0.25, -0.2) is 0 Å². The molecule has 2 rings (SSSR count). The monoisotopic (exact) mass is 296 g/mol. The molecule has 22 heavy (non-hydrogen) atoms. The molecule has 5 nitrogen and oxygen atoms in total. The zero-order chi connectivity index (χ0) is 15.9. The summed E-state index contributed by atoms with van der Waals surface area (Å²) in [6.45, 7) is 6.80. The minimum Gasteiger partial charge on any atom is -0.490 e. The Morgan fingerprint density at radius 1 is 1.27 bits per heavy atom. The van der Waals surface area contributed by atoms with Gasteiger partial charge in [0.25, 0.3) is 0 Å². The third-order valence-electron chi connectivity index (χ3n) is 3.36. The Bertz CT molecular complexity index is 661. The fourth-order valence-electron chi connectivity index (χ4n) is 1.89. The molecule has 5 heteroatoms. The van der Waals surface area contributed by atoms with Crippen molar-refractivity contribution in [2.24, 2.45) is 0 Å². The molecule has 1 N–H and O–H groups in total. The number of aryl methyl sites for hydroxylation is 1. The first-order valence-electron chi connectivity index (χ1n) is 7.36. The van der Waals surface area contributed by atoms with Gasteiger partial charge in [0.1, 0.15) is 17.6 Å². The van der Waals surface area contributed by atoms with Crippen molar-refractivity contribution in [1.82, 2.24) is 10.2 Å². The molecule has 2 aromatic rings. The van der Waals surface area contributed by atoms with E-state index in [1.807, 2.05) is 19.1 Å². The van der Waals surface area contributed by atoms with E-state index in [0.717, 1.165) is 17.7 Å². The van der Waals surface area contributed by atoms with Crippen LogP contribution in [0.1, 0.15) is 37.1 Å². The van der Waals surface area contributed by atoms with E-state index in [-0.39, 0.29) is 6.10 Å². The van der Waals surface area contributed by atoms with Gasteiger partial charge in [0, 0.05) is 12.1 Å². The van der Waals surface area contributed by atoms with Gasteiger partial charge in [-0.05, 0) is 44.0 Å². The zero-order valence-electron chi connectivity index (χ0n) is 13.1. The normalized spacial score (nSPS) is 11.5. The summed E-state index contributed by atoms with van der Waals surface area (Å²) in [4.78, 5) is 0. The second-order valence-corrected chi connectivity index (χ2v) is 5.22. The summed E-state index contributed by atoms with van der Waals surface area (Å²) in [6.07, 6.45) is 1.14. The lowest BCUT2D eigenvalue weighted by Gasteiger charge is -2.17. The van der Waals surface area contributed by atoms with Crippen molar-refractivity contribution in [1.29, 1.82) is 5.26 Å². The van der Waals surface area contributed by atoms with Gasteiger partial charge in [0.15, 0.2) is 5.69 Å². The predicted molar refractivity (Wildman–Crippen MR) is 85.6 cm³/mol. The standard InChI is InChI=1S/C17H20N4O/c1-4-13(3)22-16-9-12(2)5-6-14(16)11-19-17-8-7-15(10-18)20-21-17/h5-9,13H,4,11H2,1-3H3,(H,19,21). The minimum absolute atomic E-state index is 0.176. The molecule has 0 amide bonds. The lowest BCUT2D eigenvalue weighted by atomic mass is 10.1. The van der Waals surface area contributed by atoms with Gasteiger partial charge in [-0.3, -0.25) is 0 Å². The molecule has 0 spiro atoms. The van der Waals surface area contributed by atoms with Crippen molar-refractivity contribution >= 4 is 5.82 Å². The Morgan fingerprint density at radius 2 is 2.09 bits per heavy atom. The van der Waals surface area contributed by atoms with Gasteiger partial charge < -0.3 is 10.1 Å². The minimum atomic E-state index is 0.176. The third kappa shape index (κ3) is 4.19. The average molecular weight is 296 g/mol. The first-order chi connectivity index (χ1) is 10.6. The van der Waals surface area contributed by atoms with Crippen LogP contribution in [0.2, 0.25) is 0 Å². The van der Waals surface area contributed by atoms with Crippen molar-refractivity contribution in [3.05, 3.63) is 47.2 Å². The number of anilines is 1. The van der Waals surface area contributed by atoms with Gasteiger partial charge in [-0.2, -0.15) is 5.26 Å². The van der Waals surface area contributed by atoms with Crippen molar-refractivity contribution in [2.75, 3.05) is 5.32 Å². The zero-order valence-corrected chi connectivity index (χ0v) is 13.1. The SMILES string of the molecule is CCC(C)Oc1cc(C)ccc1CNc1ccc(C#N)nn1. The first kappa shape index (κ1) is 15.8. The lowest BCUT2D eigenvalue weighted by molar-refractivity contribution is 0.215. The predicted octanol–water partition coefficient (Wildman–Crippen LogP) is 3.45. The highest BCUT2D eigenvalue weighted by Gasteiger charge is 2.08. The molecule has 0 aliphatic carbocycles. The van der Waals surface area contributed by atoms with Crippen molar-refractivity contribution < 1.29 is 4.74 Å². The van der Waals surface area contributed by atoms with E-state index in [9.17, 15) is 0 Å². The van der Waals surface area contributed by atoms with E-state index in [4.69, 9.17) is 10.00 Å². The highest BCUT2D eigenvalue weighted by Crippen LogP contribution is 2.23. The maximum atomic E-state index is 8.72. The van der Waals surface area contributed by atoms with Crippen LogP contribution in [-0.4, -0.2) is 16.3 Å². The van der Waals surface area contributed by atoms with Crippen molar-refractivity contribution in [3.8, 4) is 11.8 Å². The Balaban J connectivity index is 2.09. The molecule has 0 radical (unpaired) electrons. The lowest BCUT2D eigenvalue weighted by Crippen LogP contribution is -2.12. The highest BCUT2D eigenvalue weighted by molar-refractivity contribution is 5.42. The van der Waals surface area contributed by atoms with Crippen LogP contribution in [0.3, 0.4) is 0 Å². The van der Waals surface area contributed by atoms with Crippen LogP contribution < -0.4 is 10.1 Å². The smallest absolute Gasteiger partial charge is 0.163 e. The van der Waals surface area contributed by atoms with E-state index in [0.29, 0.717) is 18.1 Å². The van der Waals surface area contributed by atoms with Crippen molar-refractivity contribution in [3.63, 3.8) is 0 Å². The number of benzene rings is 1. The largest absolute Gasteiger partial charge is 0.490 e. The first-order valence-corrected chi connectivity index (χ1v) is 7.36. The number of aromatic nitrogens is 2. The summed E-state index contributed by atoms with van der Waals surface area (Å²) in [5.74, 6) is 1.53. The molecule has 1 heterocycles. The Hall–Kier alpha value is -2.61. The van der Waals surface area contributed by atoms with E-state index >= 15 is 0 Å². The van der Waals surface area contributed by atoms with Gasteiger partial charge in [0.05, 0.1) is 6.10 Å². The molecule has 0 saturated heterocycles.